The maximum Gasteiger partial charge on any atom is 0.389 e. The molecule has 8 heteroatoms. The van der Waals surface area contributed by atoms with Crippen LogP contribution in [0, 0.1) is 27.9 Å². The highest BCUT2D eigenvalue weighted by Crippen LogP contribution is 2.60. The molecule has 0 aromatic carbocycles. The highest BCUT2D eigenvalue weighted by atomic mass is 16.6. The molecular formula is C16H19N5O3. The minimum Gasteiger partial charge on any atom is -0.423 e. The van der Waals surface area contributed by atoms with Crippen molar-refractivity contribution in [2.24, 2.45) is 17.8 Å². The van der Waals surface area contributed by atoms with Gasteiger partial charge in [0.1, 0.15) is 6.54 Å². The highest BCUT2D eigenvalue weighted by Gasteiger charge is 2.54. The first kappa shape index (κ1) is 14.1. The van der Waals surface area contributed by atoms with E-state index in [0.29, 0.717) is 5.89 Å². The number of nitrogens with zero attached hydrogens (tertiary/aromatic N) is 5. The minimum atomic E-state index is -0.509. The lowest BCUT2D eigenvalue weighted by Gasteiger charge is -2.55. The van der Waals surface area contributed by atoms with Gasteiger partial charge in [0.15, 0.2) is 0 Å². The Labute approximate surface area is 138 Å². The van der Waals surface area contributed by atoms with Crippen LogP contribution in [0.15, 0.2) is 16.7 Å². The fraction of sp³-hybridized carbons (Fsp3) is 0.688. The first-order chi connectivity index (χ1) is 11.6. The van der Waals surface area contributed by atoms with Crippen LogP contribution in [0.4, 0.5) is 5.82 Å². The molecule has 4 fully saturated rings. The second kappa shape index (κ2) is 4.87. The van der Waals surface area contributed by atoms with Gasteiger partial charge in [0.2, 0.25) is 11.8 Å². The Balaban J connectivity index is 1.38. The Hall–Kier alpha value is -2.25. The van der Waals surface area contributed by atoms with Crippen LogP contribution in [-0.4, -0.2) is 24.9 Å². The van der Waals surface area contributed by atoms with Gasteiger partial charge in [-0.2, -0.15) is 4.68 Å². The average molecular weight is 329 g/mol. The van der Waals surface area contributed by atoms with Crippen LogP contribution in [-0.2, 0) is 12.0 Å². The number of rotatable bonds is 4. The van der Waals surface area contributed by atoms with Crippen LogP contribution >= 0.6 is 0 Å². The number of hydrogen-bond acceptors (Lipinski definition) is 6. The van der Waals surface area contributed by atoms with Crippen LogP contribution in [0.3, 0.4) is 0 Å². The summed E-state index contributed by atoms with van der Waals surface area (Å²) in [6, 6.07) is 1.37. The number of aromatic nitrogens is 4. The molecule has 2 aromatic heterocycles. The van der Waals surface area contributed by atoms with Crippen molar-refractivity contribution in [3.8, 4) is 0 Å². The zero-order valence-corrected chi connectivity index (χ0v) is 13.3. The normalized spacial score (nSPS) is 33.9. The van der Waals surface area contributed by atoms with Crippen molar-refractivity contribution in [2.45, 2.75) is 50.5 Å². The summed E-state index contributed by atoms with van der Waals surface area (Å²) < 4.78 is 7.46. The van der Waals surface area contributed by atoms with Crippen LogP contribution in [0.25, 0.3) is 0 Å². The molecule has 2 heterocycles. The van der Waals surface area contributed by atoms with Crippen LogP contribution in [0.5, 0.6) is 0 Å². The molecule has 4 saturated carbocycles. The molecular weight excluding hydrogens is 310 g/mol. The maximum absolute atomic E-state index is 10.7. The van der Waals surface area contributed by atoms with E-state index >= 15 is 0 Å². The number of hydrogen-bond donors (Lipinski definition) is 0. The Morgan fingerprint density at radius 3 is 2.46 bits per heavy atom. The second-order valence-corrected chi connectivity index (χ2v) is 7.83. The Morgan fingerprint density at radius 2 is 1.88 bits per heavy atom. The largest absolute Gasteiger partial charge is 0.423 e. The molecule has 0 N–H and O–H groups in total. The molecule has 0 unspecified atom stereocenters. The van der Waals surface area contributed by atoms with Gasteiger partial charge in [0.25, 0.3) is 0 Å². The third-order valence-corrected chi connectivity index (χ3v) is 6.07. The van der Waals surface area contributed by atoms with Crippen molar-refractivity contribution in [1.29, 1.82) is 0 Å². The van der Waals surface area contributed by atoms with Crippen LogP contribution < -0.4 is 0 Å². The van der Waals surface area contributed by atoms with E-state index in [2.05, 4.69) is 15.3 Å². The zero-order chi connectivity index (χ0) is 16.3. The zero-order valence-electron chi connectivity index (χ0n) is 13.3. The van der Waals surface area contributed by atoms with Gasteiger partial charge in [0.05, 0.1) is 17.4 Å². The van der Waals surface area contributed by atoms with Gasteiger partial charge < -0.3 is 14.5 Å². The lowest BCUT2D eigenvalue weighted by Crippen LogP contribution is -2.48. The summed E-state index contributed by atoms with van der Waals surface area (Å²) in [6.45, 7) is 0.271. The van der Waals surface area contributed by atoms with Crippen molar-refractivity contribution in [1.82, 2.24) is 20.0 Å². The Bertz CT molecular complexity index is 760. The van der Waals surface area contributed by atoms with E-state index in [1.807, 2.05) is 0 Å². The summed E-state index contributed by atoms with van der Waals surface area (Å²) in [6.07, 6.45) is 9.20. The summed E-state index contributed by atoms with van der Waals surface area (Å²) in [5, 5.41) is 23.1. The molecule has 24 heavy (non-hydrogen) atoms. The maximum atomic E-state index is 10.7. The average Bonchev–Trinajstić information content (AvgIpc) is 3.16. The standard InChI is InChI=1S/C16H19N5O3/c22-21(23)13-1-2-20(19-13)9-14-17-18-15(24-14)16-6-10-3-11(7-16)5-12(4-10)8-16/h1-2,10-12H,3-9H2. The highest BCUT2D eigenvalue weighted by molar-refractivity contribution is 5.16. The van der Waals surface area contributed by atoms with E-state index in [4.69, 9.17) is 4.42 Å². The van der Waals surface area contributed by atoms with Gasteiger partial charge >= 0.3 is 5.82 Å². The predicted octanol–water partition coefficient (Wildman–Crippen LogP) is 2.69. The molecule has 0 amide bonds. The smallest absolute Gasteiger partial charge is 0.389 e. The molecule has 4 bridgehead atoms. The fourth-order valence-electron chi connectivity index (χ4n) is 5.58. The molecule has 0 atom stereocenters. The summed E-state index contributed by atoms with van der Waals surface area (Å²) in [7, 11) is 0. The first-order valence-electron chi connectivity index (χ1n) is 8.60. The van der Waals surface area contributed by atoms with Crippen molar-refractivity contribution in [2.75, 3.05) is 0 Å². The van der Waals surface area contributed by atoms with Crippen molar-refractivity contribution < 1.29 is 9.34 Å². The van der Waals surface area contributed by atoms with E-state index in [1.165, 1.54) is 49.3 Å². The van der Waals surface area contributed by atoms with Gasteiger partial charge in [0, 0.05) is 5.41 Å². The SMILES string of the molecule is O=[N+]([O-])c1ccn(Cc2nnc(C34CC5CC(CC(C5)C3)C4)o2)n1. The van der Waals surface area contributed by atoms with Crippen LogP contribution in [0.1, 0.15) is 50.3 Å². The van der Waals surface area contributed by atoms with E-state index < -0.39 is 4.92 Å². The van der Waals surface area contributed by atoms with Gasteiger partial charge in [-0.15, -0.1) is 10.2 Å². The molecule has 8 nitrogen and oxygen atoms in total. The van der Waals surface area contributed by atoms with E-state index in [0.717, 1.165) is 23.6 Å². The summed E-state index contributed by atoms with van der Waals surface area (Å²) in [5.74, 6) is 3.54. The lowest BCUT2D eigenvalue weighted by atomic mass is 9.49. The van der Waals surface area contributed by atoms with Gasteiger partial charge in [-0.05, 0) is 61.2 Å². The summed E-state index contributed by atoms with van der Waals surface area (Å²) >= 11 is 0. The van der Waals surface area contributed by atoms with Crippen molar-refractivity contribution >= 4 is 5.82 Å². The molecule has 2 aromatic rings. The third kappa shape index (κ3) is 2.16. The first-order valence-corrected chi connectivity index (χ1v) is 8.60. The quantitative estimate of drug-likeness (QED) is 0.631. The summed E-state index contributed by atoms with van der Waals surface area (Å²) in [5.41, 5.74) is 0.0795. The molecule has 6 rings (SSSR count). The predicted molar refractivity (Wildman–Crippen MR) is 82.1 cm³/mol. The van der Waals surface area contributed by atoms with Crippen molar-refractivity contribution in [3.63, 3.8) is 0 Å². The van der Waals surface area contributed by atoms with E-state index in [9.17, 15) is 10.1 Å². The fourth-order valence-corrected chi connectivity index (χ4v) is 5.58. The molecule has 126 valence electrons. The topological polar surface area (TPSA) is 99.9 Å². The second-order valence-electron chi connectivity index (χ2n) is 7.83. The number of nitro groups is 1. The van der Waals surface area contributed by atoms with Gasteiger partial charge in [-0.25, -0.2) is 0 Å². The van der Waals surface area contributed by atoms with E-state index in [1.54, 1.807) is 6.20 Å². The molecule has 4 aliphatic carbocycles. The van der Waals surface area contributed by atoms with Crippen molar-refractivity contribution in [3.05, 3.63) is 34.2 Å². The third-order valence-electron chi connectivity index (χ3n) is 6.07. The molecule has 0 aliphatic heterocycles. The van der Waals surface area contributed by atoms with Crippen LogP contribution in [0.2, 0.25) is 0 Å². The molecule has 0 spiro atoms. The molecule has 0 radical (unpaired) electrons. The van der Waals surface area contributed by atoms with Gasteiger partial charge in [-0.3, -0.25) is 0 Å². The Kier molecular flexibility index (Phi) is 2.87. The minimum absolute atomic E-state index is 0.0795. The monoisotopic (exact) mass is 329 g/mol. The van der Waals surface area contributed by atoms with Gasteiger partial charge in [-0.1, -0.05) is 0 Å². The Morgan fingerprint density at radius 1 is 1.21 bits per heavy atom. The lowest BCUT2D eigenvalue weighted by molar-refractivity contribution is -0.389. The molecule has 4 aliphatic rings. The molecule has 0 saturated heterocycles. The summed E-state index contributed by atoms with van der Waals surface area (Å²) in [4.78, 5) is 10.2. The van der Waals surface area contributed by atoms with E-state index in [-0.39, 0.29) is 17.8 Å².